The second-order valence-corrected chi connectivity index (χ2v) is 5.56. The van der Waals surface area contributed by atoms with Crippen molar-refractivity contribution in [1.29, 1.82) is 0 Å². The van der Waals surface area contributed by atoms with E-state index in [-0.39, 0.29) is 6.04 Å². The molecular formula is C14H20N8. The average molecular weight is 300 g/mol. The van der Waals surface area contributed by atoms with Gasteiger partial charge in [0.2, 0.25) is 0 Å². The largest absolute Gasteiger partial charge is 0.368 e. The lowest BCUT2D eigenvalue weighted by atomic mass is 10.1. The quantitative estimate of drug-likeness (QED) is 0.754. The molecule has 0 saturated heterocycles. The summed E-state index contributed by atoms with van der Waals surface area (Å²) in [4.78, 5) is 10.6. The zero-order valence-corrected chi connectivity index (χ0v) is 13.2. The fourth-order valence-corrected chi connectivity index (χ4v) is 2.47. The van der Waals surface area contributed by atoms with Gasteiger partial charge >= 0.3 is 0 Å². The molecule has 0 spiro atoms. The van der Waals surface area contributed by atoms with Crippen molar-refractivity contribution < 1.29 is 0 Å². The summed E-state index contributed by atoms with van der Waals surface area (Å²) in [5, 5.41) is 11.9. The van der Waals surface area contributed by atoms with E-state index in [2.05, 4.69) is 44.5 Å². The van der Waals surface area contributed by atoms with E-state index >= 15 is 0 Å². The topological polar surface area (TPSA) is 76.2 Å². The van der Waals surface area contributed by atoms with Gasteiger partial charge in [0.15, 0.2) is 0 Å². The predicted molar refractivity (Wildman–Crippen MR) is 83.6 cm³/mol. The van der Waals surface area contributed by atoms with E-state index in [1.54, 1.807) is 4.52 Å². The van der Waals surface area contributed by atoms with Crippen molar-refractivity contribution in [3.8, 4) is 0 Å². The maximum Gasteiger partial charge on any atom is 0.254 e. The van der Waals surface area contributed by atoms with Gasteiger partial charge in [0.05, 0.1) is 12.2 Å². The Morgan fingerprint density at radius 3 is 2.82 bits per heavy atom. The molecule has 3 heterocycles. The highest BCUT2D eigenvalue weighted by Gasteiger charge is 2.16. The first-order chi connectivity index (χ1) is 10.5. The molecule has 1 N–H and O–H groups in total. The molecule has 116 valence electrons. The SMILES string of the molecule is Cc1cc(NCC(c2cnn(C)c2)N(C)C)n2ncnc2n1. The molecule has 3 aromatic rings. The van der Waals surface area contributed by atoms with Gasteiger partial charge in [-0.25, -0.2) is 4.98 Å². The zero-order chi connectivity index (χ0) is 15.7. The first-order valence-corrected chi connectivity index (χ1v) is 7.11. The Balaban J connectivity index is 1.83. The zero-order valence-electron chi connectivity index (χ0n) is 13.2. The Bertz CT molecular complexity index is 772. The van der Waals surface area contributed by atoms with Gasteiger partial charge in [-0.3, -0.25) is 4.68 Å². The van der Waals surface area contributed by atoms with Crippen molar-refractivity contribution in [1.82, 2.24) is 34.3 Å². The number of aromatic nitrogens is 6. The number of nitrogens with zero attached hydrogens (tertiary/aromatic N) is 7. The van der Waals surface area contributed by atoms with E-state index in [0.29, 0.717) is 5.78 Å². The minimum atomic E-state index is 0.209. The number of hydrogen-bond donors (Lipinski definition) is 1. The highest BCUT2D eigenvalue weighted by molar-refractivity contribution is 5.45. The molecular weight excluding hydrogens is 280 g/mol. The van der Waals surface area contributed by atoms with Crippen LogP contribution in [0.25, 0.3) is 5.78 Å². The number of nitrogens with one attached hydrogen (secondary N) is 1. The molecule has 0 saturated carbocycles. The van der Waals surface area contributed by atoms with Crippen molar-refractivity contribution >= 4 is 11.6 Å². The Kier molecular flexibility index (Phi) is 3.76. The van der Waals surface area contributed by atoms with Gasteiger partial charge in [-0.2, -0.15) is 19.7 Å². The van der Waals surface area contributed by atoms with Crippen LogP contribution in [0.5, 0.6) is 0 Å². The number of rotatable bonds is 5. The maximum atomic E-state index is 4.35. The Morgan fingerprint density at radius 1 is 1.32 bits per heavy atom. The molecule has 0 aromatic carbocycles. The predicted octanol–water partition coefficient (Wildman–Crippen LogP) is 0.881. The van der Waals surface area contributed by atoms with Crippen LogP contribution in [0.2, 0.25) is 0 Å². The molecule has 22 heavy (non-hydrogen) atoms. The summed E-state index contributed by atoms with van der Waals surface area (Å²) in [6, 6.07) is 2.18. The van der Waals surface area contributed by atoms with Crippen LogP contribution >= 0.6 is 0 Å². The number of likely N-dealkylation sites (N-methyl/N-ethyl adjacent to an activating group) is 1. The smallest absolute Gasteiger partial charge is 0.254 e. The summed E-state index contributed by atoms with van der Waals surface area (Å²) in [7, 11) is 6.04. The molecule has 0 fully saturated rings. The summed E-state index contributed by atoms with van der Waals surface area (Å²) in [6.45, 7) is 2.68. The average Bonchev–Trinajstić information content (AvgIpc) is 3.07. The van der Waals surface area contributed by atoms with Gasteiger partial charge in [-0.15, -0.1) is 0 Å². The lowest BCUT2D eigenvalue weighted by molar-refractivity contribution is 0.311. The summed E-state index contributed by atoms with van der Waals surface area (Å²) >= 11 is 0. The van der Waals surface area contributed by atoms with Crippen LogP contribution in [-0.4, -0.2) is 54.9 Å². The normalized spacial score (nSPS) is 13.0. The molecule has 8 heteroatoms. The Labute approximate surface area is 128 Å². The van der Waals surface area contributed by atoms with Crippen molar-refractivity contribution in [3.63, 3.8) is 0 Å². The molecule has 1 atom stereocenters. The summed E-state index contributed by atoms with van der Waals surface area (Å²) in [6.07, 6.45) is 5.45. The highest BCUT2D eigenvalue weighted by Crippen LogP contribution is 2.19. The van der Waals surface area contributed by atoms with E-state index in [1.807, 2.05) is 37.1 Å². The fraction of sp³-hybridized carbons (Fsp3) is 0.429. The third kappa shape index (κ3) is 2.77. The number of hydrogen-bond acceptors (Lipinski definition) is 6. The Morgan fingerprint density at radius 2 is 2.14 bits per heavy atom. The molecule has 1 unspecified atom stereocenters. The van der Waals surface area contributed by atoms with E-state index in [0.717, 1.165) is 18.1 Å². The summed E-state index contributed by atoms with van der Waals surface area (Å²) < 4.78 is 3.53. The van der Waals surface area contributed by atoms with E-state index in [4.69, 9.17) is 0 Å². The minimum absolute atomic E-state index is 0.209. The third-order valence-electron chi connectivity index (χ3n) is 3.59. The molecule has 0 radical (unpaired) electrons. The number of anilines is 1. The van der Waals surface area contributed by atoms with Gasteiger partial charge in [-0.05, 0) is 21.0 Å². The van der Waals surface area contributed by atoms with Crippen molar-refractivity contribution in [2.24, 2.45) is 7.05 Å². The lowest BCUT2D eigenvalue weighted by Gasteiger charge is -2.24. The summed E-state index contributed by atoms with van der Waals surface area (Å²) in [5.41, 5.74) is 2.08. The number of fused-ring (bicyclic) bond motifs is 1. The maximum absolute atomic E-state index is 4.35. The van der Waals surface area contributed by atoms with Crippen LogP contribution in [-0.2, 0) is 7.05 Å². The van der Waals surface area contributed by atoms with E-state index in [9.17, 15) is 0 Å². The van der Waals surface area contributed by atoms with Crippen molar-refractivity contribution in [3.05, 3.63) is 36.0 Å². The van der Waals surface area contributed by atoms with E-state index < -0.39 is 0 Å². The van der Waals surface area contributed by atoms with Crippen molar-refractivity contribution in [2.75, 3.05) is 26.0 Å². The molecule has 3 aromatic heterocycles. The molecule has 0 amide bonds. The highest BCUT2D eigenvalue weighted by atomic mass is 15.4. The van der Waals surface area contributed by atoms with Crippen molar-refractivity contribution in [2.45, 2.75) is 13.0 Å². The van der Waals surface area contributed by atoms with Gasteiger partial charge in [0.1, 0.15) is 12.1 Å². The van der Waals surface area contributed by atoms with Gasteiger partial charge in [-0.1, -0.05) is 0 Å². The molecule has 0 bridgehead atoms. The monoisotopic (exact) mass is 300 g/mol. The van der Waals surface area contributed by atoms with Crippen LogP contribution < -0.4 is 5.32 Å². The van der Waals surface area contributed by atoms with Crippen LogP contribution in [0.4, 0.5) is 5.82 Å². The molecule has 8 nitrogen and oxygen atoms in total. The van der Waals surface area contributed by atoms with E-state index in [1.165, 1.54) is 11.9 Å². The van der Waals surface area contributed by atoms with Gasteiger partial charge in [0, 0.05) is 37.1 Å². The van der Waals surface area contributed by atoms with Crippen LogP contribution in [0.3, 0.4) is 0 Å². The summed E-state index contributed by atoms with van der Waals surface area (Å²) in [5.74, 6) is 1.49. The van der Waals surface area contributed by atoms with Crippen LogP contribution in [0, 0.1) is 6.92 Å². The van der Waals surface area contributed by atoms with Gasteiger partial charge in [0.25, 0.3) is 5.78 Å². The fourth-order valence-electron chi connectivity index (χ4n) is 2.47. The minimum Gasteiger partial charge on any atom is -0.368 e. The first-order valence-electron chi connectivity index (χ1n) is 7.11. The second-order valence-electron chi connectivity index (χ2n) is 5.56. The lowest BCUT2D eigenvalue weighted by Crippen LogP contribution is -2.27. The van der Waals surface area contributed by atoms with Crippen LogP contribution in [0.15, 0.2) is 24.8 Å². The molecule has 0 aliphatic carbocycles. The second kappa shape index (κ2) is 5.72. The number of aryl methyl sites for hydroxylation is 2. The molecule has 0 aliphatic heterocycles. The molecule has 3 rings (SSSR count). The van der Waals surface area contributed by atoms with Gasteiger partial charge < -0.3 is 10.2 Å². The van der Waals surface area contributed by atoms with Crippen LogP contribution in [0.1, 0.15) is 17.3 Å². The standard InChI is InChI=1S/C14H20N8/c1-10-5-13(22-14(19-10)16-9-18-22)15-7-12(20(2)3)11-6-17-21(4)8-11/h5-6,8-9,12,15H,7H2,1-4H3. The first kappa shape index (κ1) is 14.5. The third-order valence-corrected chi connectivity index (χ3v) is 3.59. The molecule has 0 aliphatic rings. The Hall–Kier alpha value is -2.48.